The molecule has 1 aromatic carbocycles. The third-order valence-corrected chi connectivity index (χ3v) is 3.35. The second-order valence-electron chi connectivity index (χ2n) is 4.76. The van der Waals surface area contributed by atoms with Crippen molar-refractivity contribution in [3.8, 4) is 5.75 Å². The van der Waals surface area contributed by atoms with Crippen LogP contribution in [0.2, 0.25) is 0 Å². The van der Waals surface area contributed by atoms with Gasteiger partial charge in [0.05, 0.1) is 6.10 Å². The number of aromatic nitrogens is 2. The number of aliphatic hydroxyl groups excluding tert-OH is 1. The Labute approximate surface area is 111 Å². The van der Waals surface area contributed by atoms with E-state index >= 15 is 0 Å². The summed E-state index contributed by atoms with van der Waals surface area (Å²) in [5, 5.41) is 13.7. The molecule has 0 saturated carbocycles. The summed E-state index contributed by atoms with van der Waals surface area (Å²) in [6, 6.07) is 5.78. The molecule has 1 aliphatic rings. The first-order valence-electron chi connectivity index (χ1n) is 6.46. The van der Waals surface area contributed by atoms with E-state index in [-0.39, 0.29) is 12.7 Å². The predicted octanol–water partition coefficient (Wildman–Crippen LogP) is 2.33. The molecule has 5 nitrogen and oxygen atoms in total. The highest BCUT2D eigenvalue weighted by Gasteiger charge is 2.21. The zero-order valence-electron chi connectivity index (χ0n) is 10.8. The molecule has 2 aromatic rings. The van der Waals surface area contributed by atoms with Crippen molar-refractivity contribution in [2.75, 3.05) is 0 Å². The third kappa shape index (κ3) is 2.46. The molecule has 3 rings (SSSR count). The predicted molar refractivity (Wildman–Crippen MR) is 67.7 cm³/mol. The van der Waals surface area contributed by atoms with Gasteiger partial charge < -0.3 is 14.4 Å². The van der Waals surface area contributed by atoms with E-state index in [2.05, 4.69) is 10.1 Å². The van der Waals surface area contributed by atoms with Crippen molar-refractivity contribution >= 4 is 0 Å². The molecule has 1 aliphatic carbocycles. The van der Waals surface area contributed by atoms with Gasteiger partial charge in [-0.25, -0.2) is 0 Å². The number of nitrogens with zero attached hydrogens (tertiary/aromatic N) is 2. The van der Waals surface area contributed by atoms with Crippen LogP contribution in [0.3, 0.4) is 0 Å². The zero-order chi connectivity index (χ0) is 13.2. The number of hydrogen-bond donors (Lipinski definition) is 1. The van der Waals surface area contributed by atoms with Gasteiger partial charge in [-0.3, -0.25) is 0 Å². The molecule has 0 spiro atoms. The van der Waals surface area contributed by atoms with Crippen molar-refractivity contribution in [1.82, 2.24) is 10.1 Å². The average Bonchev–Trinajstić information content (AvgIpc) is 2.83. The summed E-state index contributed by atoms with van der Waals surface area (Å²) in [6.07, 6.45) is 2.36. The van der Waals surface area contributed by atoms with Crippen molar-refractivity contribution in [3.05, 3.63) is 41.0 Å². The van der Waals surface area contributed by atoms with E-state index < -0.39 is 0 Å². The van der Waals surface area contributed by atoms with Gasteiger partial charge in [-0.05, 0) is 43.4 Å². The standard InChI is InChI=1S/C14H16N2O3/c1-9-15-14(19-16-9)8-18-13-7-3-4-10-11(13)5-2-6-12(10)17/h3-4,7,12,17H,2,5-6,8H2,1H3. The maximum absolute atomic E-state index is 9.98. The van der Waals surface area contributed by atoms with Gasteiger partial charge >= 0.3 is 0 Å². The minimum Gasteiger partial charge on any atom is -0.483 e. The summed E-state index contributed by atoms with van der Waals surface area (Å²) in [5.41, 5.74) is 2.07. The Balaban J connectivity index is 1.79. The van der Waals surface area contributed by atoms with Gasteiger partial charge in [-0.2, -0.15) is 4.98 Å². The first-order valence-corrected chi connectivity index (χ1v) is 6.46. The lowest BCUT2D eigenvalue weighted by Crippen LogP contribution is -2.11. The van der Waals surface area contributed by atoms with Crippen LogP contribution in [0, 0.1) is 6.92 Å². The molecule has 1 atom stereocenters. The topological polar surface area (TPSA) is 68.4 Å². The van der Waals surface area contributed by atoms with Gasteiger partial charge in [0, 0.05) is 0 Å². The van der Waals surface area contributed by atoms with Crippen molar-refractivity contribution in [1.29, 1.82) is 0 Å². The molecule has 0 fully saturated rings. The molecule has 0 saturated heterocycles. The number of fused-ring (bicyclic) bond motifs is 1. The Morgan fingerprint density at radius 3 is 3.16 bits per heavy atom. The molecule has 0 amide bonds. The Hall–Kier alpha value is -1.88. The number of hydrogen-bond acceptors (Lipinski definition) is 5. The Kier molecular flexibility index (Phi) is 3.21. The molecule has 1 aromatic heterocycles. The van der Waals surface area contributed by atoms with Crippen LogP contribution in [-0.4, -0.2) is 15.2 Å². The summed E-state index contributed by atoms with van der Waals surface area (Å²) < 4.78 is 10.8. The Morgan fingerprint density at radius 1 is 1.47 bits per heavy atom. The fourth-order valence-corrected chi connectivity index (χ4v) is 2.46. The van der Waals surface area contributed by atoms with Crippen molar-refractivity contribution in [2.45, 2.75) is 38.9 Å². The van der Waals surface area contributed by atoms with Crippen LogP contribution in [0.5, 0.6) is 5.75 Å². The molecule has 19 heavy (non-hydrogen) atoms. The van der Waals surface area contributed by atoms with E-state index in [0.29, 0.717) is 11.7 Å². The Morgan fingerprint density at radius 2 is 2.37 bits per heavy atom. The Bertz CT molecular complexity index is 580. The minimum atomic E-state index is -0.377. The smallest absolute Gasteiger partial charge is 0.264 e. The van der Waals surface area contributed by atoms with Crippen molar-refractivity contribution in [2.24, 2.45) is 0 Å². The first-order chi connectivity index (χ1) is 9.24. The van der Waals surface area contributed by atoms with Gasteiger partial charge in [-0.1, -0.05) is 17.3 Å². The highest BCUT2D eigenvalue weighted by Crippen LogP contribution is 2.35. The molecule has 0 aliphatic heterocycles. The molecule has 0 radical (unpaired) electrons. The first kappa shape index (κ1) is 12.2. The molecular formula is C14H16N2O3. The van der Waals surface area contributed by atoms with Gasteiger partial charge in [0.15, 0.2) is 12.4 Å². The van der Waals surface area contributed by atoms with Crippen LogP contribution in [0.4, 0.5) is 0 Å². The average molecular weight is 260 g/mol. The van der Waals surface area contributed by atoms with Crippen LogP contribution in [0.1, 0.15) is 41.8 Å². The van der Waals surface area contributed by atoms with Crippen LogP contribution in [0.15, 0.2) is 22.7 Å². The van der Waals surface area contributed by atoms with Gasteiger partial charge in [0.1, 0.15) is 5.75 Å². The lowest BCUT2D eigenvalue weighted by molar-refractivity contribution is 0.154. The summed E-state index contributed by atoms with van der Waals surface area (Å²) in [4.78, 5) is 4.10. The maximum atomic E-state index is 9.98. The van der Waals surface area contributed by atoms with Crippen molar-refractivity contribution in [3.63, 3.8) is 0 Å². The van der Waals surface area contributed by atoms with Crippen molar-refractivity contribution < 1.29 is 14.4 Å². The third-order valence-electron chi connectivity index (χ3n) is 3.35. The van der Waals surface area contributed by atoms with E-state index in [0.717, 1.165) is 36.1 Å². The molecule has 1 heterocycles. The normalized spacial score (nSPS) is 18.1. The highest BCUT2D eigenvalue weighted by molar-refractivity contribution is 5.42. The number of benzene rings is 1. The van der Waals surface area contributed by atoms with E-state index in [1.54, 1.807) is 6.92 Å². The summed E-state index contributed by atoms with van der Waals surface area (Å²) in [7, 11) is 0. The molecule has 100 valence electrons. The van der Waals surface area contributed by atoms with E-state index in [4.69, 9.17) is 9.26 Å². The van der Waals surface area contributed by atoms with Crippen LogP contribution in [0.25, 0.3) is 0 Å². The zero-order valence-corrected chi connectivity index (χ0v) is 10.8. The van der Waals surface area contributed by atoms with Crippen LogP contribution in [-0.2, 0) is 13.0 Å². The van der Waals surface area contributed by atoms with Gasteiger partial charge in [-0.15, -0.1) is 0 Å². The van der Waals surface area contributed by atoms with Crippen LogP contribution < -0.4 is 4.74 Å². The SMILES string of the molecule is Cc1noc(COc2cccc3c2CCCC3O)n1. The highest BCUT2D eigenvalue weighted by atomic mass is 16.5. The molecule has 1 unspecified atom stereocenters. The molecular weight excluding hydrogens is 244 g/mol. The lowest BCUT2D eigenvalue weighted by atomic mass is 9.89. The molecule has 0 bridgehead atoms. The summed E-state index contributed by atoms with van der Waals surface area (Å²) in [5.74, 6) is 1.86. The lowest BCUT2D eigenvalue weighted by Gasteiger charge is -2.23. The maximum Gasteiger partial charge on any atom is 0.264 e. The number of ether oxygens (including phenoxy) is 1. The van der Waals surface area contributed by atoms with Gasteiger partial charge in [0.25, 0.3) is 5.89 Å². The summed E-state index contributed by atoms with van der Waals surface area (Å²) >= 11 is 0. The quantitative estimate of drug-likeness (QED) is 0.917. The number of aryl methyl sites for hydroxylation is 1. The van der Waals surface area contributed by atoms with E-state index in [9.17, 15) is 5.11 Å². The van der Waals surface area contributed by atoms with E-state index in [1.807, 2.05) is 18.2 Å². The number of aliphatic hydroxyl groups is 1. The van der Waals surface area contributed by atoms with Gasteiger partial charge in [0.2, 0.25) is 0 Å². The number of rotatable bonds is 3. The molecule has 1 N–H and O–H groups in total. The largest absolute Gasteiger partial charge is 0.483 e. The molecule has 5 heteroatoms. The second-order valence-corrected chi connectivity index (χ2v) is 4.76. The second kappa shape index (κ2) is 5.01. The fraction of sp³-hybridized carbons (Fsp3) is 0.429. The van der Waals surface area contributed by atoms with Crippen LogP contribution >= 0.6 is 0 Å². The fourth-order valence-electron chi connectivity index (χ4n) is 2.46. The van der Waals surface area contributed by atoms with E-state index in [1.165, 1.54) is 0 Å². The summed E-state index contributed by atoms with van der Waals surface area (Å²) in [6.45, 7) is 2.03. The monoisotopic (exact) mass is 260 g/mol. The minimum absolute atomic E-state index is 0.257.